The first-order valence-electron chi connectivity index (χ1n) is 27.6. The Morgan fingerprint density at radius 1 is 0.581 bits per heavy atom. The number of esters is 2. The van der Waals surface area contributed by atoms with Crippen LogP contribution in [-0.2, 0) is 54.6 Å². The molecule has 0 saturated carbocycles. The van der Waals surface area contributed by atoms with Gasteiger partial charge >= 0.3 is 33.3 Å². The van der Waals surface area contributed by atoms with Gasteiger partial charge in [0, 0.05) is 24.6 Å². The number of aromatic amines is 1. The molecule has 0 radical (unpaired) electrons. The van der Waals surface area contributed by atoms with Crippen LogP contribution in [0.25, 0.3) is 0 Å². The number of aromatic nitrogens is 2. The molecule has 1 aliphatic rings. The van der Waals surface area contributed by atoms with Gasteiger partial charge in [0.1, 0.15) is 17.6 Å². The van der Waals surface area contributed by atoms with E-state index in [1.54, 1.807) is 48.5 Å². The van der Waals surface area contributed by atoms with Crippen molar-refractivity contribution in [3.63, 3.8) is 0 Å². The second-order valence-corrected chi connectivity index (χ2v) is 22.7. The molecular formula is C56H86N2O14P2. The van der Waals surface area contributed by atoms with Gasteiger partial charge < -0.3 is 19.1 Å². The number of H-pyrrole nitrogens is 1. The lowest BCUT2D eigenvalue weighted by Crippen LogP contribution is -2.33. The fourth-order valence-corrected chi connectivity index (χ4v) is 11.1. The Kier molecular flexibility index (Phi) is 30.5. The minimum atomic E-state index is -5.18. The summed E-state index contributed by atoms with van der Waals surface area (Å²) in [6.45, 7) is 4.64. The van der Waals surface area contributed by atoms with Gasteiger partial charge in [-0.2, -0.15) is 4.31 Å². The second-order valence-electron chi connectivity index (χ2n) is 19.5. The van der Waals surface area contributed by atoms with Crippen LogP contribution in [0.1, 0.15) is 217 Å². The number of unbranched alkanes of at least 4 members (excludes halogenated alkanes) is 24. The molecule has 414 valence electrons. The number of carbonyl (C=O) groups excluding carboxylic acids is 2. The Balaban J connectivity index is 1.23. The number of nitrogens with one attached hydrogen (secondary N) is 1. The molecule has 0 aliphatic carbocycles. The van der Waals surface area contributed by atoms with Gasteiger partial charge in [-0.25, -0.2) is 13.9 Å². The highest BCUT2D eigenvalue weighted by Gasteiger charge is 2.39. The molecule has 2 aromatic carbocycles. The van der Waals surface area contributed by atoms with Crippen LogP contribution in [0.4, 0.5) is 0 Å². The molecule has 1 aliphatic heterocycles. The summed E-state index contributed by atoms with van der Waals surface area (Å²) in [4.78, 5) is 62.4. The minimum absolute atomic E-state index is 0.273. The molecule has 0 bridgehead atoms. The van der Waals surface area contributed by atoms with E-state index in [0.717, 1.165) is 43.1 Å². The molecular weight excluding hydrogens is 987 g/mol. The third-order valence-corrected chi connectivity index (χ3v) is 15.9. The lowest BCUT2D eigenvalue weighted by atomic mass is 10.0. The zero-order valence-corrected chi connectivity index (χ0v) is 46.3. The van der Waals surface area contributed by atoms with Gasteiger partial charge in [-0.05, 0) is 61.2 Å². The number of hydrogen-bond donors (Lipinski definition) is 2. The maximum absolute atomic E-state index is 14.1. The Labute approximate surface area is 439 Å². The zero-order valence-electron chi connectivity index (χ0n) is 44.5. The van der Waals surface area contributed by atoms with Crippen molar-refractivity contribution in [3.8, 4) is 11.5 Å². The molecule has 0 spiro atoms. The summed E-state index contributed by atoms with van der Waals surface area (Å²) in [5, 5.41) is 0. The summed E-state index contributed by atoms with van der Waals surface area (Å²) in [5.41, 5.74) is -0.0716. The predicted octanol–water partition coefficient (Wildman–Crippen LogP) is 14.7. The standard InChI is InChI=1S/C56H86N2O14P2/c1-4-6-8-10-12-14-16-18-20-22-24-26-28-30-53(59)70-49-36-32-47(33-37-49)43-67-74(65,72-73(63,64)66-45-51-40-41-52(69-51)58-42-46(3)55(61)57-56(58)62)68-44-48-34-38-50(39-35-48)71-54(60)31-29-27-25-23-21-19-17-15-13-11-9-7-5-2/h32-42,51-52H,4-31,43-45H2,1-3H3,(H,63,64)(H,57,61,62)/t51-,52+/m0/s1. The van der Waals surface area contributed by atoms with E-state index in [1.165, 1.54) is 154 Å². The van der Waals surface area contributed by atoms with Crippen molar-refractivity contribution in [1.82, 2.24) is 9.55 Å². The van der Waals surface area contributed by atoms with Crippen molar-refractivity contribution >= 4 is 27.6 Å². The van der Waals surface area contributed by atoms with E-state index in [9.17, 15) is 33.2 Å². The van der Waals surface area contributed by atoms with E-state index in [4.69, 9.17) is 32.1 Å². The van der Waals surface area contributed by atoms with Crippen molar-refractivity contribution < 1.29 is 55.7 Å². The van der Waals surface area contributed by atoms with E-state index in [2.05, 4.69) is 18.8 Å². The summed E-state index contributed by atoms with van der Waals surface area (Å²) in [7, 11) is -10.1. The van der Waals surface area contributed by atoms with E-state index in [-0.39, 0.29) is 17.5 Å². The highest BCUT2D eigenvalue weighted by Crippen LogP contribution is 2.64. The van der Waals surface area contributed by atoms with E-state index in [0.29, 0.717) is 35.5 Å². The second kappa shape index (κ2) is 36.1. The van der Waals surface area contributed by atoms with Gasteiger partial charge in [-0.15, -0.1) is 0 Å². The topological polar surface area (TPSA) is 208 Å². The lowest BCUT2D eigenvalue weighted by Gasteiger charge is -2.22. The Hall–Kier alpha value is -3.98. The average molecular weight is 1070 g/mol. The predicted molar refractivity (Wildman–Crippen MR) is 288 cm³/mol. The Bertz CT molecular complexity index is 2200. The fourth-order valence-electron chi connectivity index (χ4n) is 8.47. The molecule has 2 N–H and O–H groups in total. The van der Waals surface area contributed by atoms with Crippen LogP contribution in [0.3, 0.4) is 0 Å². The zero-order chi connectivity index (χ0) is 53.3. The minimum Gasteiger partial charge on any atom is -0.427 e. The van der Waals surface area contributed by atoms with Crippen molar-refractivity contribution in [2.24, 2.45) is 0 Å². The largest absolute Gasteiger partial charge is 0.484 e. The molecule has 18 heteroatoms. The average Bonchev–Trinajstić information content (AvgIpc) is 3.86. The van der Waals surface area contributed by atoms with Crippen LogP contribution in [0, 0.1) is 6.92 Å². The van der Waals surface area contributed by atoms with Gasteiger partial charge in [0.25, 0.3) is 5.56 Å². The van der Waals surface area contributed by atoms with Crippen LogP contribution >= 0.6 is 15.6 Å². The first-order valence-corrected chi connectivity index (χ1v) is 30.6. The summed E-state index contributed by atoms with van der Waals surface area (Å²) < 4.78 is 66.9. The van der Waals surface area contributed by atoms with E-state index < -0.39 is 59.0 Å². The summed E-state index contributed by atoms with van der Waals surface area (Å²) in [5.74, 6) is -0.0467. The Morgan fingerprint density at radius 2 is 0.973 bits per heavy atom. The van der Waals surface area contributed by atoms with Gasteiger partial charge in [0.15, 0.2) is 6.23 Å². The number of benzene rings is 2. The monoisotopic (exact) mass is 1070 g/mol. The van der Waals surface area contributed by atoms with Crippen molar-refractivity contribution in [2.45, 2.75) is 226 Å². The van der Waals surface area contributed by atoms with Crippen molar-refractivity contribution in [2.75, 3.05) is 6.61 Å². The summed E-state index contributed by atoms with van der Waals surface area (Å²) in [6.07, 6.45) is 34.5. The SMILES string of the molecule is CCCCCCCCCCCCCCCC(=O)Oc1ccc(COP(=O)(OCc2ccc(OC(=O)CCCCCCCCCCCCCCC)cc2)OP(=O)(O)OC[C@@H]2C=C[C@H](n3cc(C)c(=O)[nH]c3=O)O2)cc1. The third-order valence-electron chi connectivity index (χ3n) is 12.9. The van der Waals surface area contributed by atoms with E-state index in [1.807, 2.05) is 0 Å². The number of phosphoric acid groups is 2. The molecule has 16 nitrogen and oxygen atoms in total. The van der Waals surface area contributed by atoms with Crippen LogP contribution in [0.15, 0.2) is 76.5 Å². The number of rotatable bonds is 42. The first-order chi connectivity index (χ1) is 35.8. The van der Waals surface area contributed by atoms with Gasteiger partial charge in [-0.3, -0.25) is 37.5 Å². The number of hydrogen-bond acceptors (Lipinski definition) is 13. The van der Waals surface area contributed by atoms with Gasteiger partial charge in [0.05, 0.1) is 19.8 Å². The molecule has 4 rings (SSSR count). The third kappa shape index (κ3) is 26.7. The molecule has 0 saturated heterocycles. The smallest absolute Gasteiger partial charge is 0.427 e. The number of carbonyl (C=O) groups is 2. The fraction of sp³-hybridized carbons (Fsp3) is 0.643. The Morgan fingerprint density at radius 3 is 1.38 bits per heavy atom. The van der Waals surface area contributed by atoms with Gasteiger partial charge in [0.2, 0.25) is 0 Å². The van der Waals surface area contributed by atoms with Crippen LogP contribution in [0.5, 0.6) is 11.5 Å². The summed E-state index contributed by atoms with van der Waals surface area (Å²) in [6, 6.07) is 12.6. The first kappa shape index (κ1) is 62.6. The molecule has 3 atom stereocenters. The van der Waals surface area contributed by atoms with Gasteiger partial charge in [-0.1, -0.05) is 198 Å². The van der Waals surface area contributed by atoms with E-state index >= 15 is 0 Å². The number of nitrogens with zero attached hydrogens (tertiary/aromatic N) is 1. The van der Waals surface area contributed by atoms with Crippen LogP contribution < -0.4 is 20.7 Å². The maximum atomic E-state index is 14.1. The molecule has 1 aromatic heterocycles. The highest BCUT2D eigenvalue weighted by molar-refractivity contribution is 7.61. The van der Waals surface area contributed by atoms with Crippen LogP contribution in [-0.4, -0.2) is 39.1 Å². The number of ether oxygens (including phenoxy) is 3. The molecule has 0 fully saturated rings. The number of phosphoric ester groups is 2. The van der Waals surface area contributed by atoms with Crippen molar-refractivity contribution in [3.05, 3.63) is 104 Å². The van der Waals surface area contributed by atoms with Crippen molar-refractivity contribution in [1.29, 1.82) is 0 Å². The molecule has 3 aromatic rings. The quantitative estimate of drug-likeness (QED) is 0.0178. The molecule has 1 unspecified atom stereocenters. The number of aryl methyl sites for hydroxylation is 1. The summed E-state index contributed by atoms with van der Waals surface area (Å²) >= 11 is 0. The molecule has 0 amide bonds. The maximum Gasteiger partial charge on any atom is 0.484 e. The lowest BCUT2D eigenvalue weighted by molar-refractivity contribution is -0.135. The highest BCUT2D eigenvalue weighted by atomic mass is 31.3. The molecule has 74 heavy (non-hydrogen) atoms. The molecule has 2 heterocycles. The normalized spacial score (nSPS) is 15.4. The van der Waals surface area contributed by atoms with Crippen LogP contribution in [0.2, 0.25) is 0 Å².